The van der Waals surface area contributed by atoms with Crippen molar-refractivity contribution in [3.63, 3.8) is 0 Å². The molecule has 0 bridgehead atoms. The molecule has 2 rings (SSSR count). The lowest BCUT2D eigenvalue weighted by Gasteiger charge is -2.35. The highest BCUT2D eigenvalue weighted by Gasteiger charge is 2.17. The lowest BCUT2D eigenvalue weighted by Crippen LogP contribution is -2.50. The number of likely N-dealkylation sites (N-methyl/N-ethyl adjacent to an activating group) is 1. The van der Waals surface area contributed by atoms with Gasteiger partial charge in [0.15, 0.2) is 0 Å². The Hall–Kier alpha value is -0.900. The number of hydrogen-bond donors (Lipinski definition) is 1. The van der Waals surface area contributed by atoms with E-state index in [0.29, 0.717) is 0 Å². The average molecular weight is 247 g/mol. The van der Waals surface area contributed by atoms with E-state index >= 15 is 0 Å². The van der Waals surface area contributed by atoms with Crippen LogP contribution in [-0.4, -0.2) is 55.1 Å². The van der Waals surface area contributed by atoms with E-state index in [1.165, 1.54) is 25.2 Å². The van der Waals surface area contributed by atoms with Gasteiger partial charge in [-0.05, 0) is 18.5 Å². The molecule has 0 amide bonds. The molecule has 1 aromatic carbocycles. The van der Waals surface area contributed by atoms with Gasteiger partial charge in [0.25, 0.3) is 0 Å². The first kappa shape index (κ1) is 13.5. The molecule has 1 aliphatic rings. The maximum absolute atomic E-state index is 6.25. The van der Waals surface area contributed by atoms with Gasteiger partial charge in [0, 0.05) is 38.8 Å². The lowest BCUT2D eigenvalue weighted by atomic mass is 10.1. The molecule has 3 heteroatoms. The Morgan fingerprint density at radius 2 is 1.67 bits per heavy atom. The minimum atomic E-state index is 0.251. The first-order valence-corrected chi connectivity index (χ1v) is 7.02. The zero-order chi connectivity index (χ0) is 12.8. The van der Waals surface area contributed by atoms with Gasteiger partial charge in [-0.15, -0.1) is 0 Å². The van der Waals surface area contributed by atoms with Crippen molar-refractivity contribution in [2.45, 2.75) is 19.4 Å². The average Bonchev–Trinajstić information content (AvgIpc) is 2.40. The summed E-state index contributed by atoms with van der Waals surface area (Å²) in [7, 11) is 0. The zero-order valence-corrected chi connectivity index (χ0v) is 11.4. The highest BCUT2D eigenvalue weighted by Crippen LogP contribution is 2.06. The summed E-state index contributed by atoms with van der Waals surface area (Å²) >= 11 is 0. The van der Waals surface area contributed by atoms with Crippen LogP contribution in [0.5, 0.6) is 0 Å². The number of hydrogen-bond acceptors (Lipinski definition) is 3. The highest BCUT2D eigenvalue weighted by molar-refractivity contribution is 5.15. The molecule has 0 radical (unpaired) electrons. The molecule has 1 aliphatic heterocycles. The molecule has 0 saturated carbocycles. The normalized spacial score (nSPS) is 19.9. The van der Waals surface area contributed by atoms with Gasteiger partial charge in [-0.1, -0.05) is 37.3 Å². The quantitative estimate of drug-likeness (QED) is 0.848. The van der Waals surface area contributed by atoms with Gasteiger partial charge in [0.05, 0.1) is 0 Å². The van der Waals surface area contributed by atoms with Crippen molar-refractivity contribution in [1.82, 2.24) is 9.80 Å². The molecule has 100 valence electrons. The van der Waals surface area contributed by atoms with Gasteiger partial charge in [-0.25, -0.2) is 0 Å². The summed E-state index contributed by atoms with van der Waals surface area (Å²) in [6.07, 6.45) is 0.981. The zero-order valence-electron chi connectivity index (χ0n) is 11.4. The SMILES string of the molecule is CCN1CCN(C[C@@H](N)Cc2ccccc2)CC1. The van der Waals surface area contributed by atoms with Gasteiger partial charge in [0.1, 0.15) is 0 Å². The van der Waals surface area contributed by atoms with Gasteiger partial charge in [0.2, 0.25) is 0 Å². The van der Waals surface area contributed by atoms with Crippen LogP contribution in [0.3, 0.4) is 0 Å². The standard InChI is InChI=1S/C15H25N3/c1-2-17-8-10-18(11-9-17)13-15(16)12-14-6-4-3-5-7-14/h3-7,15H,2,8-13,16H2,1H3/t15-/m0/s1. The van der Waals surface area contributed by atoms with Crippen LogP contribution in [0.25, 0.3) is 0 Å². The second-order valence-electron chi connectivity index (χ2n) is 5.18. The van der Waals surface area contributed by atoms with E-state index in [1.54, 1.807) is 0 Å². The van der Waals surface area contributed by atoms with Crippen molar-refractivity contribution < 1.29 is 0 Å². The van der Waals surface area contributed by atoms with Crippen molar-refractivity contribution >= 4 is 0 Å². The van der Waals surface area contributed by atoms with Gasteiger partial charge in [-0.2, -0.15) is 0 Å². The molecule has 1 aromatic rings. The second-order valence-corrected chi connectivity index (χ2v) is 5.18. The summed E-state index contributed by atoms with van der Waals surface area (Å²) in [4.78, 5) is 5.00. The molecule has 0 aromatic heterocycles. The van der Waals surface area contributed by atoms with Crippen molar-refractivity contribution in [3.8, 4) is 0 Å². The highest BCUT2D eigenvalue weighted by atomic mass is 15.3. The van der Waals surface area contributed by atoms with Crippen molar-refractivity contribution in [1.29, 1.82) is 0 Å². The topological polar surface area (TPSA) is 32.5 Å². The lowest BCUT2D eigenvalue weighted by molar-refractivity contribution is 0.131. The van der Waals surface area contributed by atoms with Crippen molar-refractivity contribution in [3.05, 3.63) is 35.9 Å². The minimum absolute atomic E-state index is 0.251. The second kappa shape index (κ2) is 6.88. The van der Waals surface area contributed by atoms with E-state index in [-0.39, 0.29) is 6.04 Å². The number of nitrogens with two attached hydrogens (primary N) is 1. The van der Waals surface area contributed by atoms with Crippen LogP contribution >= 0.6 is 0 Å². The Bertz CT molecular complexity index is 331. The van der Waals surface area contributed by atoms with E-state index in [4.69, 9.17) is 5.73 Å². The Morgan fingerprint density at radius 3 is 2.28 bits per heavy atom. The Labute approximate surface area is 111 Å². The van der Waals surface area contributed by atoms with Crippen molar-refractivity contribution in [2.75, 3.05) is 39.3 Å². The van der Waals surface area contributed by atoms with Crippen LogP contribution in [0.15, 0.2) is 30.3 Å². The molecule has 0 spiro atoms. The summed E-state index contributed by atoms with van der Waals surface area (Å²) in [5.41, 5.74) is 7.59. The molecule has 1 fully saturated rings. The number of benzene rings is 1. The molecule has 3 nitrogen and oxygen atoms in total. The maximum Gasteiger partial charge on any atom is 0.0208 e. The minimum Gasteiger partial charge on any atom is -0.326 e. The molecular weight excluding hydrogens is 222 g/mol. The number of nitrogens with zero attached hydrogens (tertiary/aromatic N) is 2. The molecule has 1 heterocycles. The summed E-state index contributed by atoms with van der Waals surface area (Å²) in [6, 6.07) is 10.8. The van der Waals surface area contributed by atoms with Crippen LogP contribution in [0.4, 0.5) is 0 Å². The monoisotopic (exact) mass is 247 g/mol. The van der Waals surface area contributed by atoms with Crippen LogP contribution in [0, 0.1) is 0 Å². The number of rotatable bonds is 5. The third-order valence-electron chi connectivity index (χ3n) is 3.75. The van der Waals surface area contributed by atoms with E-state index in [1.807, 2.05) is 0 Å². The molecular formula is C15H25N3. The fraction of sp³-hybridized carbons (Fsp3) is 0.600. The Morgan fingerprint density at radius 1 is 1.06 bits per heavy atom. The predicted molar refractivity (Wildman–Crippen MR) is 76.7 cm³/mol. The molecule has 1 atom stereocenters. The summed E-state index contributed by atoms with van der Waals surface area (Å²) < 4.78 is 0. The predicted octanol–water partition coefficient (Wildman–Crippen LogP) is 1.19. The summed E-state index contributed by atoms with van der Waals surface area (Å²) in [6.45, 7) is 9.13. The third-order valence-corrected chi connectivity index (χ3v) is 3.75. The Balaban J connectivity index is 1.73. The van der Waals surface area contributed by atoms with Gasteiger partial charge in [-0.3, -0.25) is 4.90 Å². The Kier molecular flexibility index (Phi) is 5.17. The molecule has 18 heavy (non-hydrogen) atoms. The van der Waals surface area contributed by atoms with Gasteiger partial charge >= 0.3 is 0 Å². The molecule has 2 N–H and O–H groups in total. The molecule has 0 aliphatic carbocycles. The fourth-order valence-electron chi connectivity index (χ4n) is 2.60. The summed E-state index contributed by atoms with van der Waals surface area (Å²) in [5, 5.41) is 0. The third kappa shape index (κ3) is 4.09. The van der Waals surface area contributed by atoms with Crippen LogP contribution in [-0.2, 0) is 6.42 Å². The first-order valence-electron chi connectivity index (χ1n) is 7.02. The van der Waals surface area contributed by atoms with Crippen LogP contribution < -0.4 is 5.73 Å². The van der Waals surface area contributed by atoms with E-state index in [0.717, 1.165) is 26.1 Å². The number of piperazine rings is 1. The van der Waals surface area contributed by atoms with E-state index in [2.05, 4.69) is 47.1 Å². The smallest absolute Gasteiger partial charge is 0.0208 e. The van der Waals surface area contributed by atoms with E-state index < -0.39 is 0 Å². The largest absolute Gasteiger partial charge is 0.326 e. The maximum atomic E-state index is 6.25. The van der Waals surface area contributed by atoms with Gasteiger partial charge < -0.3 is 10.6 Å². The fourth-order valence-corrected chi connectivity index (χ4v) is 2.60. The molecule has 1 saturated heterocycles. The van der Waals surface area contributed by atoms with Crippen LogP contribution in [0.2, 0.25) is 0 Å². The first-order chi connectivity index (χ1) is 8.78. The van der Waals surface area contributed by atoms with E-state index in [9.17, 15) is 0 Å². The molecule has 0 unspecified atom stereocenters. The van der Waals surface area contributed by atoms with Crippen LogP contribution in [0.1, 0.15) is 12.5 Å². The van der Waals surface area contributed by atoms with Crippen molar-refractivity contribution in [2.24, 2.45) is 5.73 Å². The summed E-state index contributed by atoms with van der Waals surface area (Å²) in [5.74, 6) is 0.